The van der Waals surface area contributed by atoms with Crippen molar-refractivity contribution in [3.8, 4) is 5.75 Å². The molecule has 4 rings (SSSR count). The van der Waals surface area contributed by atoms with Crippen molar-refractivity contribution in [1.29, 1.82) is 0 Å². The zero-order chi connectivity index (χ0) is 24.2. The number of halogens is 1. The van der Waals surface area contributed by atoms with Gasteiger partial charge in [0, 0.05) is 19.1 Å². The van der Waals surface area contributed by atoms with Crippen LogP contribution in [0.5, 0.6) is 5.75 Å². The monoisotopic (exact) mass is 463 g/mol. The van der Waals surface area contributed by atoms with Gasteiger partial charge in [0.05, 0.1) is 11.4 Å². The van der Waals surface area contributed by atoms with E-state index in [0.717, 1.165) is 6.07 Å². The molecular weight excluding hydrogens is 433 g/mol. The van der Waals surface area contributed by atoms with Gasteiger partial charge in [0.15, 0.2) is 11.6 Å². The van der Waals surface area contributed by atoms with Crippen LogP contribution in [0.25, 0.3) is 10.9 Å². The Morgan fingerprint density at radius 2 is 2.06 bits per heavy atom. The van der Waals surface area contributed by atoms with Gasteiger partial charge in [-0.2, -0.15) is 4.68 Å². The Kier molecular flexibility index (Phi) is 5.53. The van der Waals surface area contributed by atoms with E-state index in [0.29, 0.717) is 24.2 Å². The average Bonchev–Trinajstić information content (AvgIpc) is 3.19. The SMILES string of the molecule is CC1COc2c(N3CC[C@@H]([C@H](C)NC(=O)OC(C)(C)C)C3)c(F)cc3c(=O)n(N)c(=O)n1c23. The number of hydrogen-bond acceptors (Lipinski definition) is 7. The molecule has 0 radical (unpaired) electrons. The van der Waals surface area contributed by atoms with E-state index in [1.54, 1.807) is 27.7 Å². The van der Waals surface area contributed by atoms with Gasteiger partial charge in [-0.15, -0.1) is 0 Å². The molecule has 0 spiro atoms. The smallest absolute Gasteiger partial charge is 0.407 e. The van der Waals surface area contributed by atoms with Gasteiger partial charge in [-0.05, 0) is 53.0 Å². The molecule has 2 aliphatic rings. The van der Waals surface area contributed by atoms with Gasteiger partial charge >= 0.3 is 11.8 Å². The second kappa shape index (κ2) is 7.96. The Morgan fingerprint density at radius 1 is 1.36 bits per heavy atom. The topological polar surface area (TPSA) is 121 Å². The Morgan fingerprint density at radius 3 is 2.73 bits per heavy atom. The number of nitrogens with two attached hydrogens (primary N) is 1. The minimum atomic E-state index is -0.773. The first-order valence-electron chi connectivity index (χ1n) is 11.0. The second-order valence-corrected chi connectivity index (χ2v) is 9.85. The van der Waals surface area contributed by atoms with Crippen molar-refractivity contribution in [2.75, 3.05) is 30.4 Å². The summed E-state index contributed by atoms with van der Waals surface area (Å²) in [5.74, 6) is 5.25. The molecule has 3 N–H and O–H groups in total. The fraction of sp³-hybridized carbons (Fsp3) is 0.591. The number of carbonyl (C=O) groups excluding carboxylic acids is 1. The number of rotatable bonds is 3. The summed E-state index contributed by atoms with van der Waals surface area (Å²) in [6, 6.07) is 0.547. The third kappa shape index (κ3) is 4.00. The minimum Gasteiger partial charge on any atom is -0.487 e. The van der Waals surface area contributed by atoms with E-state index < -0.39 is 28.8 Å². The fourth-order valence-corrected chi connectivity index (χ4v) is 4.57. The number of amides is 1. The Hall–Kier alpha value is -3.24. The van der Waals surface area contributed by atoms with Crippen molar-refractivity contribution in [3.05, 3.63) is 32.7 Å². The highest BCUT2D eigenvalue weighted by molar-refractivity contribution is 5.91. The summed E-state index contributed by atoms with van der Waals surface area (Å²) < 4.78 is 28.4. The molecule has 180 valence electrons. The van der Waals surface area contributed by atoms with Crippen molar-refractivity contribution in [2.45, 2.75) is 58.7 Å². The molecule has 33 heavy (non-hydrogen) atoms. The number of hydrogen-bond donors (Lipinski definition) is 2. The molecule has 1 saturated heterocycles. The van der Waals surface area contributed by atoms with Gasteiger partial charge in [0.2, 0.25) is 0 Å². The molecule has 3 heterocycles. The van der Waals surface area contributed by atoms with E-state index >= 15 is 4.39 Å². The van der Waals surface area contributed by atoms with Crippen LogP contribution in [0.3, 0.4) is 0 Å². The Bertz CT molecular complexity index is 1230. The van der Waals surface area contributed by atoms with E-state index in [9.17, 15) is 14.4 Å². The quantitative estimate of drug-likeness (QED) is 0.665. The molecule has 11 heteroatoms. The molecule has 1 amide bonds. The summed E-state index contributed by atoms with van der Waals surface area (Å²) in [6.07, 6.45) is 0.210. The summed E-state index contributed by atoms with van der Waals surface area (Å²) in [5.41, 5.74) is -1.58. The third-order valence-electron chi connectivity index (χ3n) is 6.19. The number of nitrogens with one attached hydrogen (secondary N) is 1. The summed E-state index contributed by atoms with van der Waals surface area (Å²) in [7, 11) is 0. The van der Waals surface area contributed by atoms with E-state index in [2.05, 4.69) is 5.32 Å². The molecule has 3 atom stereocenters. The molecule has 2 aromatic rings. The number of benzene rings is 1. The lowest BCUT2D eigenvalue weighted by molar-refractivity contribution is 0.0494. The van der Waals surface area contributed by atoms with E-state index in [1.807, 2.05) is 11.8 Å². The lowest BCUT2D eigenvalue weighted by Crippen LogP contribution is -2.47. The molecule has 0 bridgehead atoms. The first-order chi connectivity index (χ1) is 15.4. The predicted octanol–water partition coefficient (Wildman–Crippen LogP) is 1.71. The highest BCUT2D eigenvalue weighted by atomic mass is 19.1. The Balaban J connectivity index is 1.67. The number of nitrogens with zero attached hydrogens (tertiary/aromatic N) is 3. The van der Waals surface area contributed by atoms with Crippen molar-refractivity contribution < 1.29 is 18.7 Å². The lowest BCUT2D eigenvalue weighted by Gasteiger charge is -2.31. The number of ether oxygens (including phenoxy) is 2. The van der Waals surface area contributed by atoms with Crippen molar-refractivity contribution >= 4 is 22.7 Å². The summed E-state index contributed by atoms with van der Waals surface area (Å²) in [5, 5.41) is 2.85. The van der Waals surface area contributed by atoms with Gasteiger partial charge in [0.1, 0.15) is 23.4 Å². The maximum atomic E-state index is 15.3. The lowest BCUT2D eigenvalue weighted by atomic mass is 10.0. The minimum absolute atomic E-state index is 0.00407. The van der Waals surface area contributed by atoms with Gasteiger partial charge in [-0.1, -0.05) is 0 Å². The molecule has 0 aliphatic carbocycles. The average molecular weight is 464 g/mol. The van der Waals surface area contributed by atoms with Crippen molar-refractivity contribution in [1.82, 2.24) is 14.6 Å². The number of aromatic nitrogens is 2. The van der Waals surface area contributed by atoms with Crippen LogP contribution in [-0.4, -0.2) is 46.7 Å². The van der Waals surface area contributed by atoms with Crippen molar-refractivity contribution in [2.24, 2.45) is 5.92 Å². The highest BCUT2D eigenvalue weighted by Gasteiger charge is 2.35. The first-order valence-corrected chi connectivity index (χ1v) is 11.0. The van der Waals surface area contributed by atoms with Crippen LogP contribution < -0.4 is 32.0 Å². The largest absolute Gasteiger partial charge is 0.487 e. The summed E-state index contributed by atoms with van der Waals surface area (Å²) in [6.45, 7) is 10.2. The number of anilines is 1. The van der Waals surface area contributed by atoms with Gasteiger partial charge in [-0.3, -0.25) is 9.36 Å². The molecule has 2 aliphatic heterocycles. The van der Waals surface area contributed by atoms with Crippen LogP contribution in [-0.2, 0) is 4.74 Å². The van der Waals surface area contributed by atoms with Crippen LogP contribution in [0.4, 0.5) is 14.9 Å². The fourth-order valence-electron chi connectivity index (χ4n) is 4.57. The van der Waals surface area contributed by atoms with Crippen LogP contribution in [0.1, 0.15) is 47.1 Å². The molecule has 10 nitrogen and oxygen atoms in total. The Labute approximate surface area is 190 Å². The van der Waals surface area contributed by atoms with Crippen molar-refractivity contribution in [3.63, 3.8) is 0 Å². The number of carbonyl (C=O) groups is 1. The van der Waals surface area contributed by atoms with Crippen LogP contribution >= 0.6 is 0 Å². The molecule has 1 unspecified atom stereocenters. The molecular formula is C22H30FN5O5. The normalized spacial score (nSPS) is 21.1. The predicted molar refractivity (Wildman–Crippen MR) is 122 cm³/mol. The summed E-state index contributed by atoms with van der Waals surface area (Å²) >= 11 is 0. The van der Waals surface area contributed by atoms with Gasteiger partial charge < -0.3 is 25.5 Å². The molecule has 0 saturated carbocycles. The maximum absolute atomic E-state index is 15.3. The van der Waals surface area contributed by atoms with Gasteiger partial charge in [-0.25, -0.2) is 14.0 Å². The maximum Gasteiger partial charge on any atom is 0.407 e. The van der Waals surface area contributed by atoms with Crippen LogP contribution in [0.15, 0.2) is 15.7 Å². The first kappa shape index (κ1) is 22.9. The highest BCUT2D eigenvalue weighted by Crippen LogP contribution is 2.42. The van der Waals surface area contributed by atoms with E-state index in [1.165, 1.54) is 4.57 Å². The molecule has 1 aromatic carbocycles. The summed E-state index contributed by atoms with van der Waals surface area (Å²) in [4.78, 5) is 39.2. The molecule has 1 fully saturated rings. The number of nitrogen functional groups attached to an aromatic ring is 1. The van der Waals surface area contributed by atoms with E-state index in [-0.39, 0.29) is 46.9 Å². The van der Waals surface area contributed by atoms with Crippen LogP contribution in [0, 0.1) is 11.7 Å². The third-order valence-corrected chi connectivity index (χ3v) is 6.19. The van der Waals surface area contributed by atoms with Gasteiger partial charge in [0.25, 0.3) is 5.56 Å². The van der Waals surface area contributed by atoms with Crippen LogP contribution in [0.2, 0.25) is 0 Å². The standard InChI is InChI=1S/C22H30FN5O5/c1-11-10-32-18-16-14(19(29)28(24)21(31)27(11)16)8-15(23)17(18)26-7-6-13(9-26)12(2)25-20(30)33-22(3,4)5/h8,11-13H,6-7,9-10,24H2,1-5H3,(H,25,30)/t11?,12-,13+/m0/s1. The van der Waals surface area contributed by atoms with E-state index in [4.69, 9.17) is 15.3 Å². The molecule has 1 aromatic heterocycles. The second-order valence-electron chi connectivity index (χ2n) is 9.85. The zero-order valence-electron chi connectivity index (χ0n) is 19.5. The number of alkyl carbamates (subject to hydrolysis) is 1. The zero-order valence-corrected chi connectivity index (χ0v) is 19.5.